The van der Waals surface area contributed by atoms with Crippen LogP contribution in [0.15, 0.2) is 0 Å². The van der Waals surface area contributed by atoms with Crippen molar-refractivity contribution in [2.75, 3.05) is 33.2 Å². The molecule has 2 heterocycles. The first kappa shape index (κ1) is 13.3. The summed E-state index contributed by atoms with van der Waals surface area (Å²) in [6.07, 6.45) is 1.05. The zero-order chi connectivity index (χ0) is 13.1. The monoisotopic (exact) mass is 254 g/mol. The Kier molecular flexibility index (Phi) is 4.19. The van der Waals surface area contributed by atoms with E-state index in [1.807, 2.05) is 0 Å². The zero-order valence-corrected chi connectivity index (χ0v) is 11.0. The Hall–Kier alpha value is -1.14. The number of nitrogens with one attached hydrogen (secondary N) is 3. The average Bonchev–Trinajstić information content (AvgIpc) is 2.88. The van der Waals surface area contributed by atoms with E-state index in [9.17, 15) is 9.59 Å². The predicted molar refractivity (Wildman–Crippen MR) is 68.1 cm³/mol. The Labute approximate surface area is 107 Å². The fourth-order valence-corrected chi connectivity index (χ4v) is 3.27. The highest BCUT2D eigenvalue weighted by molar-refractivity contribution is 5.95. The van der Waals surface area contributed by atoms with Gasteiger partial charge in [-0.25, -0.2) is 4.79 Å². The van der Waals surface area contributed by atoms with E-state index in [0.29, 0.717) is 24.4 Å². The largest absolute Gasteiger partial charge is 0.341 e. The summed E-state index contributed by atoms with van der Waals surface area (Å²) in [7, 11) is 1.50. The number of imide groups is 1. The van der Waals surface area contributed by atoms with Crippen molar-refractivity contribution in [2.45, 2.75) is 19.4 Å². The number of likely N-dealkylation sites (tertiary alicyclic amines) is 1. The molecule has 6 heteroatoms. The lowest BCUT2D eigenvalue weighted by molar-refractivity contribution is -0.121. The molecule has 0 bridgehead atoms. The highest BCUT2D eigenvalue weighted by Gasteiger charge is 2.43. The first-order valence-electron chi connectivity index (χ1n) is 6.62. The Morgan fingerprint density at radius 3 is 2.83 bits per heavy atom. The maximum Gasteiger partial charge on any atom is 0.321 e. The van der Waals surface area contributed by atoms with Gasteiger partial charge in [0.15, 0.2) is 0 Å². The molecule has 0 saturated carbocycles. The molecule has 2 aliphatic heterocycles. The van der Waals surface area contributed by atoms with E-state index in [1.165, 1.54) is 7.05 Å². The van der Waals surface area contributed by atoms with Crippen LogP contribution in [0.2, 0.25) is 0 Å². The summed E-state index contributed by atoms with van der Waals surface area (Å²) in [6, 6.07) is 0.0227. The molecule has 3 N–H and O–H groups in total. The smallest absolute Gasteiger partial charge is 0.321 e. The van der Waals surface area contributed by atoms with Crippen molar-refractivity contribution in [3.63, 3.8) is 0 Å². The van der Waals surface area contributed by atoms with Gasteiger partial charge < -0.3 is 10.6 Å². The molecule has 2 rings (SSSR count). The molecule has 0 aromatic carbocycles. The number of carbonyl (C=O) groups is 2. The van der Waals surface area contributed by atoms with E-state index in [4.69, 9.17) is 0 Å². The SMILES string of the molecule is CCC1C2CNCC2CN1CC(=O)NC(=O)NC. The van der Waals surface area contributed by atoms with Gasteiger partial charge in [-0.15, -0.1) is 0 Å². The maximum absolute atomic E-state index is 11.7. The summed E-state index contributed by atoms with van der Waals surface area (Å²) in [5.41, 5.74) is 0. The summed E-state index contributed by atoms with van der Waals surface area (Å²) >= 11 is 0. The Morgan fingerprint density at radius 2 is 2.17 bits per heavy atom. The van der Waals surface area contributed by atoms with Crippen molar-refractivity contribution in [3.8, 4) is 0 Å². The predicted octanol–water partition coefficient (Wildman–Crippen LogP) is -0.628. The standard InChI is InChI=1S/C12H22N4O2/c1-3-10-9-5-14-4-8(9)6-16(10)7-11(17)15-12(18)13-2/h8-10,14H,3-7H2,1-2H3,(H2,13,15,17,18). The van der Waals surface area contributed by atoms with Gasteiger partial charge in [-0.2, -0.15) is 0 Å². The van der Waals surface area contributed by atoms with E-state index < -0.39 is 6.03 Å². The molecule has 2 fully saturated rings. The van der Waals surface area contributed by atoms with Crippen molar-refractivity contribution in [1.29, 1.82) is 0 Å². The molecule has 3 amide bonds. The second-order valence-corrected chi connectivity index (χ2v) is 5.11. The number of rotatable bonds is 3. The normalized spacial score (nSPS) is 31.1. The lowest BCUT2D eigenvalue weighted by atomic mass is 9.93. The summed E-state index contributed by atoms with van der Waals surface area (Å²) in [5, 5.41) is 8.12. The van der Waals surface area contributed by atoms with Gasteiger partial charge in [0.2, 0.25) is 5.91 Å². The molecule has 0 aromatic heterocycles. The fourth-order valence-electron chi connectivity index (χ4n) is 3.27. The van der Waals surface area contributed by atoms with Crippen molar-refractivity contribution in [2.24, 2.45) is 11.8 Å². The Morgan fingerprint density at radius 1 is 1.39 bits per heavy atom. The van der Waals surface area contributed by atoms with Crippen molar-refractivity contribution < 1.29 is 9.59 Å². The summed E-state index contributed by atoms with van der Waals surface area (Å²) in [6.45, 7) is 5.54. The molecular weight excluding hydrogens is 232 g/mol. The number of amides is 3. The second-order valence-electron chi connectivity index (χ2n) is 5.11. The van der Waals surface area contributed by atoms with E-state index in [-0.39, 0.29) is 5.91 Å². The van der Waals surface area contributed by atoms with Crippen LogP contribution in [0, 0.1) is 11.8 Å². The number of carbonyl (C=O) groups excluding carboxylic acids is 2. The van der Waals surface area contributed by atoms with Crippen molar-refractivity contribution in [3.05, 3.63) is 0 Å². The van der Waals surface area contributed by atoms with Gasteiger partial charge in [0.1, 0.15) is 0 Å². The molecule has 102 valence electrons. The van der Waals surface area contributed by atoms with Crippen LogP contribution in [0.5, 0.6) is 0 Å². The zero-order valence-electron chi connectivity index (χ0n) is 11.0. The molecule has 0 radical (unpaired) electrons. The molecule has 0 spiro atoms. The number of hydrogen-bond donors (Lipinski definition) is 3. The van der Waals surface area contributed by atoms with Gasteiger partial charge in [-0.3, -0.25) is 15.0 Å². The van der Waals surface area contributed by atoms with Gasteiger partial charge in [0.25, 0.3) is 0 Å². The van der Waals surface area contributed by atoms with Crippen LogP contribution in [0.1, 0.15) is 13.3 Å². The van der Waals surface area contributed by atoms with Crippen molar-refractivity contribution in [1.82, 2.24) is 20.9 Å². The molecule has 0 aliphatic carbocycles. The Balaban J connectivity index is 1.89. The molecule has 3 atom stereocenters. The highest BCUT2D eigenvalue weighted by Crippen LogP contribution is 2.33. The van der Waals surface area contributed by atoms with E-state index in [2.05, 4.69) is 27.8 Å². The summed E-state index contributed by atoms with van der Waals surface area (Å²) < 4.78 is 0. The minimum absolute atomic E-state index is 0.222. The van der Waals surface area contributed by atoms with Crippen molar-refractivity contribution >= 4 is 11.9 Å². The molecule has 0 aromatic rings. The summed E-state index contributed by atoms with van der Waals surface area (Å²) in [5.74, 6) is 1.09. The van der Waals surface area contributed by atoms with Crippen LogP contribution >= 0.6 is 0 Å². The quantitative estimate of drug-likeness (QED) is 0.627. The lowest BCUT2D eigenvalue weighted by Crippen LogP contribution is -2.46. The van der Waals surface area contributed by atoms with Crippen LogP contribution in [-0.4, -0.2) is 56.1 Å². The minimum Gasteiger partial charge on any atom is -0.341 e. The molecule has 2 saturated heterocycles. The van der Waals surface area contributed by atoms with Gasteiger partial charge in [-0.1, -0.05) is 6.92 Å². The van der Waals surface area contributed by atoms with Crippen LogP contribution in [0.4, 0.5) is 4.79 Å². The van der Waals surface area contributed by atoms with Gasteiger partial charge in [-0.05, 0) is 31.3 Å². The van der Waals surface area contributed by atoms with Crippen LogP contribution < -0.4 is 16.0 Å². The van der Waals surface area contributed by atoms with E-state index in [0.717, 1.165) is 26.1 Å². The molecule has 3 unspecified atom stereocenters. The Bertz CT molecular complexity index is 334. The first-order valence-corrected chi connectivity index (χ1v) is 6.62. The van der Waals surface area contributed by atoms with Crippen LogP contribution in [-0.2, 0) is 4.79 Å². The highest BCUT2D eigenvalue weighted by atomic mass is 16.2. The third kappa shape index (κ3) is 2.64. The van der Waals surface area contributed by atoms with E-state index in [1.54, 1.807) is 0 Å². The fraction of sp³-hybridized carbons (Fsp3) is 0.833. The number of hydrogen-bond acceptors (Lipinski definition) is 4. The average molecular weight is 254 g/mol. The molecular formula is C12H22N4O2. The lowest BCUT2D eigenvalue weighted by Gasteiger charge is -2.25. The van der Waals surface area contributed by atoms with Gasteiger partial charge in [0.05, 0.1) is 6.54 Å². The minimum atomic E-state index is -0.436. The molecule has 18 heavy (non-hydrogen) atoms. The number of fused-ring (bicyclic) bond motifs is 1. The summed E-state index contributed by atoms with van der Waals surface area (Å²) in [4.78, 5) is 25.0. The molecule has 6 nitrogen and oxygen atoms in total. The third-order valence-corrected chi connectivity index (χ3v) is 4.07. The topological polar surface area (TPSA) is 73.5 Å². The van der Waals surface area contributed by atoms with Gasteiger partial charge in [0, 0.05) is 19.6 Å². The first-order chi connectivity index (χ1) is 8.65. The van der Waals surface area contributed by atoms with Crippen LogP contribution in [0.25, 0.3) is 0 Å². The maximum atomic E-state index is 11.7. The van der Waals surface area contributed by atoms with Gasteiger partial charge >= 0.3 is 6.03 Å². The molecule has 2 aliphatic rings. The second kappa shape index (κ2) is 5.67. The van der Waals surface area contributed by atoms with E-state index >= 15 is 0 Å². The number of nitrogens with zero attached hydrogens (tertiary/aromatic N) is 1. The van der Waals surface area contributed by atoms with Crippen LogP contribution in [0.3, 0.4) is 0 Å². The number of urea groups is 1. The third-order valence-electron chi connectivity index (χ3n) is 4.07.